The molecule has 0 saturated carbocycles. The Morgan fingerprint density at radius 2 is 1.65 bits per heavy atom. The zero-order valence-corrected chi connectivity index (χ0v) is 16.4. The van der Waals surface area contributed by atoms with E-state index in [0.717, 1.165) is 25.7 Å². The van der Waals surface area contributed by atoms with E-state index in [1.54, 1.807) is 23.3 Å². The van der Waals surface area contributed by atoms with Crippen molar-refractivity contribution in [3.63, 3.8) is 0 Å². The Bertz CT molecular complexity index is 492. The number of rotatable bonds is 16. The molecule has 0 atom stereocenters. The first-order valence-corrected chi connectivity index (χ1v) is 10.2. The summed E-state index contributed by atoms with van der Waals surface area (Å²) >= 11 is 0. The quantitative estimate of drug-likeness (QED) is 0.200. The van der Waals surface area contributed by atoms with Gasteiger partial charge in [0, 0.05) is 18.8 Å². The average Bonchev–Trinajstić information content (AvgIpc) is 3.17. The Morgan fingerprint density at radius 1 is 0.962 bits per heavy atom. The smallest absolute Gasteiger partial charge is 0.307 e. The van der Waals surface area contributed by atoms with Crippen molar-refractivity contribution in [3.05, 3.63) is 43.0 Å². The van der Waals surface area contributed by atoms with Crippen molar-refractivity contribution >= 4 is 5.97 Å². The minimum Gasteiger partial charge on any atom is -0.444 e. The fourth-order valence-electron chi connectivity index (χ4n) is 2.66. The average molecular weight is 361 g/mol. The van der Waals surface area contributed by atoms with Crippen molar-refractivity contribution in [3.8, 4) is 0 Å². The number of aromatic nitrogens is 2. The first-order valence-electron chi connectivity index (χ1n) is 10.2. The number of hydrogen-bond acceptors (Lipinski definition) is 3. The summed E-state index contributed by atoms with van der Waals surface area (Å²) in [6.07, 6.45) is 27.9. The van der Waals surface area contributed by atoms with Gasteiger partial charge in [0.1, 0.15) is 0 Å². The van der Waals surface area contributed by atoms with Gasteiger partial charge in [0.05, 0.1) is 6.33 Å². The maximum Gasteiger partial charge on any atom is 0.307 e. The third-order valence-electron chi connectivity index (χ3n) is 4.27. The van der Waals surface area contributed by atoms with E-state index in [1.807, 2.05) is 0 Å². The summed E-state index contributed by atoms with van der Waals surface area (Å²) in [4.78, 5) is 15.5. The van der Waals surface area contributed by atoms with Crippen LogP contribution in [0.15, 0.2) is 43.0 Å². The van der Waals surface area contributed by atoms with Gasteiger partial charge in [0.15, 0.2) is 6.73 Å². The number of allylic oxidation sites excluding steroid dienone is 4. The van der Waals surface area contributed by atoms with Gasteiger partial charge in [-0.2, -0.15) is 0 Å². The minimum atomic E-state index is -0.121. The molecule has 146 valence electrons. The van der Waals surface area contributed by atoms with Gasteiger partial charge >= 0.3 is 5.97 Å². The van der Waals surface area contributed by atoms with Gasteiger partial charge in [-0.15, -0.1) is 0 Å². The van der Waals surface area contributed by atoms with Crippen LogP contribution in [0.4, 0.5) is 0 Å². The van der Waals surface area contributed by atoms with E-state index in [0.29, 0.717) is 6.42 Å². The minimum absolute atomic E-state index is 0.121. The van der Waals surface area contributed by atoms with Crippen molar-refractivity contribution in [2.45, 2.75) is 90.7 Å². The molecule has 0 spiro atoms. The van der Waals surface area contributed by atoms with E-state index in [4.69, 9.17) is 4.74 Å². The maximum atomic E-state index is 11.6. The van der Waals surface area contributed by atoms with Crippen LogP contribution in [0.5, 0.6) is 0 Å². The third-order valence-corrected chi connectivity index (χ3v) is 4.27. The van der Waals surface area contributed by atoms with Crippen molar-refractivity contribution in [2.24, 2.45) is 0 Å². The summed E-state index contributed by atoms with van der Waals surface area (Å²) in [5.74, 6) is -0.121. The molecule has 0 bridgehead atoms. The summed E-state index contributed by atoms with van der Waals surface area (Å²) in [5, 5.41) is 0. The van der Waals surface area contributed by atoms with E-state index in [9.17, 15) is 4.79 Å². The third kappa shape index (κ3) is 13.5. The Hall–Kier alpha value is -1.84. The van der Waals surface area contributed by atoms with E-state index < -0.39 is 0 Å². The molecular weight excluding hydrogens is 324 g/mol. The van der Waals surface area contributed by atoms with Crippen LogP contribution >= 0.6 is 0 Å². The molecule has 0 amide bonds. The Morgan fingerprint density at radius 3 is 2.35 bits per heavy atom. The molecule has 1 rings (SSSR count). The SMILES string of the molecule is CCCCC/C=C\C/C=C\CCCCCCCC(=O)OCn1ccnc1. The van der Waals surface area contributed by atoms with Crippen LogP contribution in [0, 0.1) is 0 Å². The lowest BCUT2D eigenvalue weighted by atomic mass is 10.1. The molecule has 0 aromatic carbocycles. The molecule has 1 heterocycles. The molecule has 0 N–H and O–H groups in total. The summed E-state index contributed by atoms with van der Waals surface area (Å²) in [5.41, 5.74) is 0. The number of nitrogens with zero attached hydrogens (tertiary/aromatic N) is 2. The maximum absolute atomic E-state index is 11.6. The number of imidazole rings is 1. The topological polar surface area (TPSA) is 44.1 Å². The highest BCUT2D eigenvalue weighted by molar-refractivity contribution is 5.69. The lowest BCUT2D eigenvalue weighted by Crippen LogP contribution is -2.07. The highest BCUT2D eigenvalue weighted by Crippen LogP contribution is 2.09. The standard InChI is InChI=1S/C22H36N2O2/c1-2-3-4-5-6-7-8-9-10-11-12-13-14-15-16-17-22(25)26-21-24-19-18-23-20-24/h6-7,9-10,18-20H,2-5,8,11-17,21H2,1H3/b7-6-,10-9-. The zero-order valence-electron chi connectivity index (χ0n) is 16.4. The lowest BCUT2D eigenvalue weighted by molar-refractivity contribution is -0.147. The molecule has 0 aliphatic rings. The van der Waals surface area contributed by atoms with Crippen LogP contribution in [-0.2, 0) is 16.3 Å². The monoisotopic (exact) mass is 360 g/mol. The molecule has 0 radical (unpaired) electrons. The molecule has 0 aliphatic carbocycles. The van der Waals surface area contributed by atoms with Gasteiger partial charge in [-0.3, -0.25) is 4.79 Å². The van der Waals surface area contributed by atoms with E-state index in [1.165, 1.54) is 44.9 Å². The number of hydrogen-bond donors (Lipinski definition) is 0. The number of unbranched alkanes of at least 4 members (excludes halogenated alkanes) is 8. The number of esters is 1. The van der Waals surface area contributed by atoms with Crippen molar-refractivity contribution in [1.82, 2.24) is 9.55 Å². The normalized spacial score (nSPS) is 11.6. The van der Waals surface area contributed by atoms with Crippen LogP contribution in [0.2, 0.25) is 0 Å². The van der Waals surface area contributed by atoms with Gasteiger partial charge in [-0.05, 0) is 38.5 Å². The second-order valence-electron chi connectivity index (χ2n) is 6.70. The number of carbonyl (C=O) groups is 1. The fraction of sp³-hybridized carbons (Fsp3) is 0.636. The van der Waals surface area contributed by atoms with Gasteiger partial charge in [-0.1, -0.05) is 63.3 Å². The van der Waals surface area contributed by atoms with E-state index >= 15 is 0 Å². The first-order chi connectivity index (χ1) is 12.8. The molecule has 4 heteroatoms. The summed E-state index contributed by atoms with van der Waals surface area (Å²) in [6, 6.07) is 0. The van der Waals surface area contributed by atoms with Crippen molar-refractivity contribution < 1.29 is 9.53 Å². The van der Waals surface area contributed by atoms with Gasteiger partial charge in [0.2, 0.25) is 0 Å². The Balaban J connectivity index is 1.82. The molecule has 1 aromatic rings. The van der Waals surface area contributed by atoms with Crippen LogP contribution in [0.25, 0.3) is 0 Å². The van der Waals surface area contributed by atoms with Crippen molar-refractivity contribution in [1.29, 1.82) is 0 Å². The van der Waals surface area contributed by atoms with E-state index in [2.05, 4.69) is 36.2 Å². The molecule has 0 unspecified atom stereocenters. The van der Waals surface area contributed by atoms with Crippen LogP contribution in [-0.4, -0.2) is 15.5 Å². The predicted octanol–water partition coefficient (Wildman–Crippen LogP) is 6.20. The number of carbonyl (C=O) groups excluding carboxylic acids is 1. The first kappa shape index (κ1) is 22.2. The molecular formula is C22H36N2O2. The van der Waals surface area contributed by atoms with Crippen LogP contribution in [0.3, 0.4) is 0 Å². The second kappa shape index (κ2) is 16.6. The molecule has 1 aromatic heterocycles. The predicted molar refractivity (Wildman–Crippen MR) is 108 cm³/mol. The second-order valence-corrected chi connectivity index (χ2v) is 6.70. The van der Waals surface area contributed by atoms with Gasteiger partial charge < -0.3 is 9.30 Å². The Labute approximate surface area is 159 Å². The Kier molecular flexibility index (Phi) is 14.2. The van der Waals surface area contributed by atoms with Crippen LogP contribution < -0.4 is 0 Å². The van der Waals surface area contributed by atoms with Gasteiger partial charge in [0.25, 0.3) is 0 Å². The lowest BCUT2D eigenvalue weighted by Gasteiger charge is -2.05. The van der Waals surface area contributed by atoms with Crippen molar-refractivity contribution in [2.75, 3.05) is 0 Å². The highest BCUT2D eigenvalue weighted by Gasteiger charge is 2.02. The number of ether oxygens (including phenoxy) is 1. The summed E-state index contributed by atoms with van der Waals surface area (Å²) in [6.45, 7) is 2.50. The molecule has 26 heavy (non-hydrogen) atoms. The fourth-order valence-corrected chi connectivity index (χ4v) is 2.66. The summed E-state index contributed by atoms with van der Waals surface area (Å²) < 4.78 is 6.92. The zero-order chi connectivity index (χ0) is 18.7. The molecule has 4 nitrogen and oxygen atoms in total. The molecule has 0 saturated heterocycles. The largest absolute Gasteiger partial charge is 0.444 e. The van der Waals surface area contributed by atoms with E-state index in [-0.39, 0.29) is 12.7 Å². The highest BCUT2D eigenvalue weighted by atomic mass is 16.5. The molecule has 0 fully saturated rings. The van der Waals surface area contributed by atoms with Crippen LogP contribution in [0.1, 0.15) is 84.0 Å². The molecule has 0 aliphatic heterocycles. The van der Waals surface area contributed by atoms with Gasteiger partial charge in [-0.25, -0.2) is 4.98 Å². The summed E-state index contributed by atoms with van der Waals surface area (Å²) in [7, 11) is 0.